The first kappa shape index (κ1) is 15.8. The normalized spacial score (nSPS) is 22.0. The fraction of sp³-hybridized carbons (Fsp3) is 0.733. The Labute approximate surface area is 126 Å². The van der Waals surface area contributed by atoms with E-state index in [2.05, 4.69) is 10.4 Å². The van der Waals surface area contributed by atoms with Crippen molar-refractivity contribution in [2.24, 2.45) is 5.92 Å². The van der Waals surface area contributed by atoms with Crippen LogP contribution in [0.2, 0.25) is 0 Å². The van der Waals surface area contributed by atoms with Gasteiger partial charge in [0.15, 0.2) is 0 Å². The molecule has 118 valence electrons. The lowest BCUT2D eigenvalue weighted by molar-refractivity contribution is 0.0565. The Kier molecular flexibility index (Phi) is 6.04. The molecule has 0 spiro atoms. The Morgan fingerprint density at radius 3 is 3.00 bits per heavy atom. The summed E-state index contributed by atoms with van der Waals surface area (Å²) in [4.78, 5) is 13.7. The number of rotatable bonds is 6. The van der Waals surface area contributed by atoms with Crippen LogP contribution in [0.25, 0.3) is 0 Å². The van der Waals surface area contributed by atoms with Crippen molar-refractivity contribution in [1.29, 1.82) is 0 Å². The highest BCUT2D eigenvalue weighted by Crippen LogP contribution is 2.24. The van der Waals surface area contributed by atoms with E-state index in [-0.39, 0.29) is 18.1 Å². The highest BCUT2D eigenvalue weighted by molar-refractivity contribution is 5.73. The molecule has 0 aliphatic heterocycles. The van der Waals surface area contributed by atoms with Gasteiger partial charge in [0.2, 0.25) is 0 Å². The monoisotopic (exact) mass is 294 g/mol. The minimum absolute atomic E-state index is 0.0618. The topological polar surface area (TPSA) is 70.4 Å². The van der Waals surface area contributed by atoms with Crippen LogP contribution in [-0.2, 0) is 6.54 Å². The van der Waals surface area contributed by atoms with Crippen molar-refractivity contribution in [2.75, 3.05) is 20.1 Å². The van der Waals surface area contributed by atoms with E-state index in [1.54, 1.807) is 18.1 Å². The molecular weight excluding hydrogens is 268 g/mol. The molecule has 2 atom stereocenters. The van der Waals surface area contributed by atoms with Crippen LogP contribution in [-0.4, -0.2) is 52.1 Å². The Balaban J connectivity index is 1.62. The Morgan fingerprint density at radius 1 is 1.48 bits per heavy atom. The van der Waals surface area contributed by atoms with Crippen molar-refractivity contribution < 1.29 is 9.90 Å². The standard InChI is InChI=1S/C15H26N4O2/c1-18(12-13-6-2-3-7-14(13)20)15(21)16-8-4-10-19-11-5-9-17-19/h5,9,11,13-14,20H,2-4,6-8,10,12H2,1H3,(H,16,21). The Bertz CT molecular complexity index is 421. The Morgan fingerprint density at radius 2 is 2.29 bits per heavy atom. The van der Waals surface area contributed by atoms with Crippen molar-refractivity contribution >= 4 is 6.03 Å². The number of aliphatic hydroxyl groups is 1. The second-order valence-electron chi connectivity index (χ2n) is 5.85. The van der Waals surface area contributed by atoms with E-state index in [4.69, 9.17) is 0 Å². The van der Waals surface area contributed by atoms with Crippen molar-refractivity contribution in [3.63, 3.8) is 0 Å². The summed E-state index contributed by atoms with van der Waals surface area (Å²) in [6, 6.07) is 1.83. The van der Waals surface area contributed by atoms with Gasteiger partial charge in [0, 0.05) is 45.0 Å². The molecule has 6 heteroatoms. The van der Waals surface area contributed by atoms with E-state index in [1.165, 1.54) is 0 Å². The highest BCUT2D eigenvalue weighted by Gasteiger charge is 2.25. The highest BCUT2D eigenvalue weighted by atomic mass is 16.3. The summed E-state index contributed by atoms with van der Waals surface area (Å²) < 4.78 is 1.86. The number of aromatic nitrogens is 2. The molecule has 1 fully saturated rings. The maximum atomic E-state index is 12.0. The third-order valence-electron chi connectivity index (χ3n) is 4.12. The van der Waals surface area contributed by atoms with Gasteiger partial charge >= 0.3 is 6.03 Å². The smallest absolute Gasteiger partial charge is 0.317 e. The molecular formula is C15H26N4O2. The van der Waals surface area contributed by atoms with Crippen molar-refractivity contribution in [2.45, 2.75) is 44.8 Å². The molecule has 1 aliphatic rings. The van der Waals surface area contributed by atoms with Gasteiger partial charge in [-0.05, 0) is 25.3 Å². The largest absolute Gasteiger partial charge is 0.393 e. The van der Waals surface area contributed by atoms with Crippen LogP contribution in [0.5, 0.6) is 0 Å². The molecule has 0 radical (unpaired) electrons. The third kappa shape index (κ3) is 5.04. The molecule has 1 heterocycles. The number of carbonyl (C=O) groups excluding carboxylic acids is 1. The summed E-state index contributed by atoms with van der Waals surface area (Å²) in [5.41, 5.74) is 0. The molecule has 1 saturated carbocycles. The summed E-state index contributed by atoms with van der Waals surface area (Å²) >= 11 is 0. The lowest BCUT2D eigenvalue weighted by Gasteiger charge is -2.31. The molecule has 1 aromatic heterocycles. The zero-order valence-electron chi connectivity index (χ0n) is 12.7. The summed E-state index contributed by atoms with van der Waals surface area (Å²) in [6.07, 6.45) is 8.39. The van der Waals surface area contributed by atoms with Crippen LogP contribution in [0.1, 0.15) is 32.1 Å². The average Bonchev–Trinajstić information content (AvgIpc) is 2.99. The SMILES string of the molecule is CN(CC1CCCCC1O)C(=O)NCCCn1cccn1. The van der Waals surface area contributed by atoms with Gasteiger partial charge in [0.1, 0.15) is 0 Å². The van der Waals surface area contributed by atoms with Crippen LogP contribution in [0.4, 0.5) is 4.79 Å². The number of hydrogen-bond acceptors (Lipinski definition) is 3. The van der Waals surface area contributed by atoms with Crippen LogP contribution in [0.15, 0.2) is 18.5 Å². The minimum atomic E-state index is -0.256. The minimum Gasteiger partial charge on any atom is -0.393 e. The first-order valence-electron chi connectivity index (χ1n) is 7.81. The van der Waals surface area contributed by atoms with Crippen LogP contribution >= 0.6 is 0 Å². The molecule has 0 aromatic carbocycles. The first-order valence-corrected chi connectivity index (χ1v) is 7.81. The van der Waals surface area contributed by atoms with Crippen LogP contribution in [0.3, 0.4) is 0 Å². The van der Waals surface area contributed by atoms with Gasteiger partial charge in [0.25, 0.3) is 0 Å². The number of aliphatic hydroxyl groups excluding tert-OH is 1. The Hall–Kier alpha value is -1.56. The van der Waals surface area contributed by atoms with Gasteiger partial charge in [-0.1, -0.05) is 12.8 Å². The van der Waals surface area contributed by atoms with Gasteiger partial charge in [-0.3, -0.25) is 4.68 Å². The van der Waals surface area contributed by atoms with Crippen LogP contribution in [0, 0.1) is 5.92 Å². The first-order chi connectivity index (χ1) is 10.2. The number of urea groups is 1. The van der Waals surface area contributed by atoms with Crippen molar-refractivity contribution in [3.8, 4) is 0 Å². The van der Waals surface area contributed by atoms with Gasteiger partial charge in [-0.15, -0.1) is 0 Å². The van der Waals surface area contributed by atoms with Gasteiger partial charge < -0.3 is 15.3 Å². The second kappa shape index (κ2) is 8.02. The molecule has 21 heavy (non-hydrogen) atoms. The predicted molar refractivity (Wildman–Crippen MR) is 80.8 cm³/mol. The number of hydrogen-bond donors (Lipinski definition) is 2. The molecule has 2 unspecified atom stereocenters. The molecule has 0 bridgehead atoms. The lowest BCUT2D eigenvalue weighted by Crippen LogP contribution is -2.43. The van der Waals surface area contributed by atoms with E-state index >= 15 is 0 Å². The molecule has 2 rings (SSSR count). The number of nitrogens with one attached hydrogen (secondary N) is 1. The predicted octanol–water partition coefficient (Wildman–Crippen LogP) is 1.47. The summed E-state index contributed by atoms with van der Waals surface area (Å²) in [7, 11) is 1.80. The third-order valence-corrected chi connectivity index (χ3v) is 4.12. The summed E-state index contributed by atoms with van der Waals surface area (Å²) in [6.45, 7) is 2.07. The quantitative estimate of drug-likeness (QED) is 0.781. The van der Waals surface area contributed by atoms with Crippen molar-refractivity contribution in [1.82, 2.24) is 20.0 Å². The fourth-order valence-electron chi connectivity index (χ4n) is 2.84. The summed E-state index contributed by atoms with van der Waals surface area (Å²) in [5.74, 6) is 0.221. The average molecular weight is 294 g/mol. The molecule has 2 N–H and O–H groups in total. The number of carbonyl (C=O) groups is 1. The van der Waals surface area contributed by atoms with Gasteiger partial charge in [-0.25, -0.2) is 4.79 Å². The van der Waals surface area contributed by atoms with E-state index in [0.717, 1.165) is 38.6 Å². The molecule has 2 amide bonds. The van der Waals surface area contributed by atoms with E-state index in [1.807, 2.05) is 16.9 Å². The zero-order chi connectivity index (χ0) is 15.1. The number of nitrogens with zero attached hydrogens (tertiary/aromatic N) is 3. The van der Waals surface area contributed by atoms with Gasteiger partial charge in [0.05, 0.1) is 6.10 Å². The van der Waals surface area contributed by atoms with E-state index in [0.29, 0.717) is 13.1 Å². The van der Waals surface area contributed by atoms with E-state index in [9.17, 15) is 9.90 Å². The summed E-state index contributed by atoms with van der Waals surface area (Å²) in [5, 5.41) is 17.0. The molecule has 0 saturated heterocycles. The maximum absolute atomic E-state index is 12.0. The fourth-order valence-corrected chi connectivity index (χ4v) is 2.84. The zero-order valence-corrected chi connectivity index (χ0v) is 12.7. The number of aryl methyl sites for hydroxylation is 1. The van der Waals surface area contributed by atoms with E-state index < -0.39 is 0 Å². The van der Waals surface area contributed by atoms with Crippen molar-refractivity contribution in [3.05, 3.63) is 18.5 Å². The maximum Gasteiger partial charge on any atom is 0.317 e. The van der Waals surface area contributed by atoms with Crippen LogP contribution < -0.4 is 5.32 Å². The molecule has 6 nitrogen and oxygen atoms in total. The molecule has 1 aliphatic carbocycles. The van der Waals surface area contributed by atoms with Gasteiger partial charge in [-0.2, -0.15) is 5.10 Å². The second-order valence-corrected chi connectivity index (χ2v) is 5.85. The lowest BCUT2D eigenvalue weighted by atomic mass is 9.86. The number of amides is 2. The molecule has 1 aromatic rings.